The molecule has 1 heteroatoms. The zero-order chi connectivity index (χ0) is 33.0. The highest BCUT2D eigenvalue weighted by atomic mass is 14.7. The van der Waals surface area contributed by atoms with E-state index in [1.165, 1.54) is 87.2 Å². The van der Waals surface area contributed by atoms with Gasteiger partial charge in [0.25, 0.3) is 0 Å². The fourth-order valence-electron chi connectivity index (χ4n) is 7.84. The summed E-state index contributed by atoms with van der Waals surface area (Å²) < 4.78 is 0. The lowest BCUT2D eigenvalue weighted by molar-refractivity contribution is 1.36. The van der Waals surface area contributed by atoms with Crippen LogP contribution in [0.15, 0.2) is 188 Å². The Hall–Kier alpha value is -6.57. The topological polar surface area (TPSA) is 12.9 Å². The Morgan fingerprint density at radius 3 is 1.36 bits per heavy atom. The van der Waals surface area contributed by atoms with Crippen LogP contribution in [-0.2, 0) is 0 Å². The number of rotatable bonds is 4. The van der Waals surface area contributed by atoms with Crippen molar-refractivity contribution in [3.05, 3.63) is 188 Å². The molecule has 0 amide bonds. The molecule has 10 aromatic rings. The molecule has 0 N–H and O–H groups in total. The Balaban J connectivity index is 1.22. The Bertz CT molecular complexity index is 2910. The first-order valence-corrected chi connectivity index (χ1v) is 17.2. The molecule has 10 rings (SSSR count). The Morgan fingerprint density at radius 2 is 0.720 bits per heavy atom. The normalized spacial score (nSPS) is 11.6. The summed E-state index contributed by atoms with van der Waals surface area (Å²) in [7, 11) is 0. The first-order valence-electron chi connectivity index (χ1n) is 17.2. The van der Waals surface area contributed by atoms with Crippen LogP contribution in [-0.4, -0.2) is 4.98 Å². The molecule has 50 heavy (non-hydrogen) atoms. The molecule has 0 radical (unpaired) electrons. The second kappa shape index (κ2) is 11.5. The third-order valence-corrected chi connectivity index (χ3v) is 10.3. The van der Waals surface area contributed by atoms with Crippen molar-refractivity contribution >= 4 is 53.9 Å². The summed E-state index contributed by atoms with van der Waals surface area (Å²) in [6.07, 6.45) is 1.90. The van der Waals surface area contributed by atoms with Crippen molar-refractivity contribution in [2.45, 2.75) is 0 Å². The molecule has 1 aromatic heterocycles. The second-order valence-electron chi connectivity index (χ2n) is 13.1. The number of pyridine rings is 1. The number of benzene rings is 9. The molecule has 0 aliphatic heterocycles. The van der Waals surface area contributed by atoms with Crippen LogP contribution in [0.1, 0.15) is 0 Å². The Morgan fingerprint density at radius 1 is 0.260 bits per heavy atom. The Kier molecular flexibility index (Phi) is 6.57. The van der Waals surface area contributed by atoms with Gasteiger partial charge in [0.1, 0.15) is 0 Å². The van der Waals surface area contributed by atoms with E-state index in [1.54, 1.807) is 0 Å². The minimum Gasteiger partial charge on any atom is -0.256 e. The van der Waals surface area contributed by atoms with Crippen molar-refractivity contribution < 1.29 is 0 Å². The molecule has 0 saturated carbocycles. The minimum atomic E-state index is 1.01. The number of nitrogens with zero attached hydrogens (tertiary/aromatic N) is 1. The van der Waals surface area contributed by atoms with E-state index in [1.807, 2.05) is 6.20 Å². The monoisotopic (exact) mass is 633 g/mol. The van der Waals surface area contributed by atoms with Gasteiger partial charge < -0.3 is 0 Å². The van der Waals surface area contributed by atoms with E-state index in [-0.39, 0.29) is 0 Å². The maximum absolute atomic E-state index is 4.77. The molecule has 1 nitrogen and oxygen atoms in total. The molecule has 0 unspecified atom stereocenters. The molecule has 0 aliphatic carbocycles. The summed E-state index contributed by atoms with van der Waals surface area (Å²) in [4.78, 5) is 4.77. The van der Waals surface area contributed by atoms with Gasteiger partial charge in [-0.1, -0.05) is 158 Å². The van der Waals surface area contributed by atoms with Crippen molar-refractivity contribution in [3.63, 3.8) is 0 Å². The van der Waals surface area contributed by atoms with E-state index < -0.39 is 0 Å². The molecule has 232 valence electrons. The predicted octanol–water partition coefficient (Wildman–Crippen LogP) is 13.5. The van der Waals surface area contributed by atoms with Crippen LogP contribution in [0.4, 0.5) is 0 Å². The van der Waals surface area contributed by atoms with Gasteiger partial charge in [-0.2, -0.15) is 0 Å². The molecule has 0 bridgehead atoms. The van der Waals surface area contributed by atoms with Gasteiger partial charge in [0.15, 0.2) is 0 Å². The summed E-state index contributed by atoms with van der Waals surface area (Å²) in [5, 5.41) is 12.4. The zero-order valence-electron chi connectivity index (χ0n) is 27.3. The molecule has 1 heterocycles. The van der Waals surface area contributed by atoms with Gasteiger partial charge in [-0.25, -0.2) is 0 Å². The standard InChI is InChI=1S/C49H31N/c1-3-12-37-29-40(23-19-32(37)9-1)47-43-15-7-8-16-44(43)48(41-24-20-33-10-2-4-13-38(33)30-41)46-31-39(25-26-45(46)47)34-17-21-36(22-18-34)49-42-14-6-5-11-35(42)27-28-50-49/h1-31H. The maximum Gasteiger partial charge on any atom is 0.0780 e. The Labute approximate surface area is 290 Å². The molecular weight excluding hydrogens is 603 g/mol. The molecule has 0 atom stereocenters. The lowest BCUT2D eigenvalue weighted by Gasteiger charge is -2.19. The maximum atomic E-state index is 4.77. The van der Waals surface area contributed by atoms with Crippen molar-refractivity contribution in [2.24, 2.45) is 0 Å². The average molecular weight is 634 g/mol. The van der Waals surface area contributed by atoms with Gasteiger partial charge in [0.2, 0.25) is 0 Å². The highest BCUT2D eigenvalue weighted by Crippen LogP contribution is 2.45. The predicted molar refractivity (Wildman–Crippen MR) is 214 cm³/mol. The van der Waals surface area contributed by atoms with Crippen molar-refractivity contribution in [1.82, 2.24) is 4.98 Å². The second-order valence-corrected chi connectivity index (χ2v) is 13.1. The van der Waals surface area contributed by atoms with Crippen molar-refractivity contribution in [2.75, 3.05) is 0 Å². The third kappa shape index (κ3) is 4.67. The van der Waals surface area contributed by atoms with Gasteiger partial charge in [0.05, 0.1) is 5.69 Å². The van der Waals surface area contributed by atoms with E-state index >= 15 is 0 Å². The van der Waals surface area contributed by atoms with E-state index in [4.69, 9.17) is 4.98 Å². The quantitative estimate of drug-likeness (QED) is 0.176. The number of aromatic nitrogens is 1. The smallest absolute Gasteiger partial charge is 0.0780 e. The first kappa shape index (κ1) is 28.4. The summed E-state index contributed by atoms with van der Waals surface area (Å²) in [6, 6.07) is 66.4. The third-order valence-electron chi connectivity index (χ3n) is 10.3. The summed E-state index contributed by atoms with van der Waals surface area (Å²) in [5.74, 6) is 0. The highest BCUT2D eigenvalue weighted by Gasteiger charge is 2.18. The SMILES string of the molecule is c1ccc2cc(-c3c4ccccc4c(-c4ccc5ccccc5c4)c4cc(-c5ccc(-c6nccc7ccccc67)cc5)ccc34)ccc2c1. The largest absolute Gasteiger partial charge is 0.256 e. The van der Waals surface area contributed by atoms with Gasteiger partial charge in [-0.15, -0.1) is 0 Å². The van der Waals surface area contributed by atoms with Crippen LogP contribution in [0.25, 0.3) is 98.5 Å². The van der Waals surface area contributed by atoms with Crippen LogP contribution in [0, 0.1) is 0 Å². The summed E-state index contributed by atoms with van der Waals surface area (Å²) >= 11 is 0. The fraction of sp³-hybridized carbons (Fsp3) is 0. The van der Waals surface area contributed by atoms with E-state index in [0.717, 1.165) is 11.3 Å². The van der Waals surface area contributed by atoms with Crippen LogP contribution in [0.3, 0.4) is 0 Å². The summed E-state index contributed by atoms with van der Waals surface area (Å²) in [5.41, 5.74) is 9.50. The number of fused-ring (bicyclic) bond motifs is 5. The molecule has 0 saturated heterocycles. The number of hydrogen-bond acceptors (Lipinski definition) is 1. The van der Waals surface area contributed by atoms with Gasteiger partial charge in [-0.05, 0) is 106 Å². The molecule has 0 aliphatic rings. The van der Waals surface area contributed by atoms with Crippen molar-refractivity contribution in [3.8, 4) is 44.6 Å². The first-order chi connectivity index (χ1) is 24.8. The van der Waals surface area contributed by atoms with Crippen LogP contribution >= 0.6 is 0 Å². The van der Waals surface area contributed by atoms with Crippen LogP contribution in [0.5, 0.6) is 0 Å². The van der Waals surface area contributed by atoms with Gasteiger partial charge in [-0.3, -0.25) is 4.98 Å². The van der Waals surface area contributed by atoms with E-state index in [9.17, 15) is 0 Å². The average Bonchev–Trinajstić information content (AvgIpc) is 3.19. The van der Waals surface area contributed by atoms with Gasteiger partial charge >= 0.3 is 0 Å². The van der Waals surface area contributed by atoms with Gasteiger partial charge in [0, 0.05) is 17.1 Å². The van der Waals surface area contributed by atoms with E-state index in [0.29, 0.717) is 0 Å². The zero-order valence-corrected chi connectivity index (χ0v) is 27.3. The van der Waals surface area contributed by atoms with Crippen LogP contribution < -0.4 is 0 Å². The number of hydrogen-bond donors (Lipinski definition) is 0. The van der Waals surface area contributed by atoms with Crippen molar-refractivity contribution in [1.29, 1.82) is 0 Å². The molecular formula is C49H31N. The lowest BCUT2D eigenvalue weighted by atomic mass is 9.84. The van der Waals surface area contributed by atoms with E-state index in [2.05, 4.69) is 182 Å². The molecule has 0 fully saturated rings. The highest BCUT2D eigenvalue weighted by molar-refractivity contribution is 6.22. The van der Waals surface area contributed by atoms with Crippen LogP contribution in [0.2, 0.25) is 0 Å². The minimum absolute atomic E-state index is 1.01. The molecule has 0 spiro atoms. The molecule has 9 aromatic carbocycles. The lowest BCUT2D eigenvalue weighted by Crippen LogP contribution is -1.92. The summed E-state index contributed by atoms with van der Waals surface area (Å²) in [6.45, 7) is 0. The fourth-order valence-corrected chi connectivity index (χ4v) is 7.84.